The van der Waals surface area contributed by atoms with Crippen molar-refractivity contribution in [1.82, 2.24) is 0 Å². The molecule has 0 unspecified atom stereocenters. The van der Waals surface area contributed by atoms with E-state index in [0.29, 0.717) is 0 Å². The zero-order valence-electron chi connectivity index (χ0n) is 25.1. The van der Waals surface area contributed by atoms with Gasteiger partial charge in [0, 0.05) is 26.0 Å². The van der Waals surface area contributed by atoms with E-state index in [1.54, 1.807) is 0 Å². The van der Waals surface area contributed by atoms with Gasteiger partial charge in [0.25, 0.3) is 0 Å². The van der Waals surface area contributed by atoms with Crippen LogP contribution >= 0.6 is 11.8 Å². The van der Waals surface area contributed by atoms with E-state index >= 15 is 0 Å². The van der Waals surface area contributed by atoms with Crippen molar-refractivity contribution in [2.75, 3.05) is 4.90 Å². The molecule has 0 aromatic heterocycles. The summed E-state index contributed by atoms with van der Waals surface area (Å²) in [6.07, 6.45) is 0. The largest absolute Gasteiger partial charge is 0.307 e. The van der Waals surface area contributed by atoms with Gasteiger partial charge in [0.15, 0.2) is 0 Å². The van der Waals surface area contributed by atoms with E-state index in [1.165, 1.54) is 87.3 Å². The summed E-state index contributed by atoms with van der Waals surface area (Å²) in [5, 5.41) is 5.10. The molecule has 0 spiro atoms. The number of nitrogens with zero attached hydrogens (tertiary/aromatic N) is 1. The SMILES string of the molecule is Cc1ccc2c(N3c4ccccc4Sc4ccccc43)c3ccccc3c(-c3ccc4c(c3)C(C)(C)c3ccccc3-4)c2c1. The number of rotatable bonds is 2. The van der Waals surface area contributed by atoms with E-state index in [4.69, 9.17) is 0 Å². The fourth-order valence-corrected chi connectivity index (χ4v) is 8.68. The van der Waals surface area contributed by atoms with E-state index in [0.717, 1.165) is 0 Å². The number of aryl methyl sites for hydroxylation is 1. The topological polar surface area (TPSA) is 3.24 Å². The molecule has 0 saturated heterocycles. The minimum absolute atomic E-state index is 0.0533. The van der Waals surface area contributed by atoms with Gasteiger partial charge in [-0.15, -0.1) is 0 Å². The van der Waals surface area contributed by atoms with Crippen LogP contribution in [0.4, 0.5) is 17.1 Å². The lowest BCUT2D eigenvalue weighted by Gasteiger charge is -2.35. The van der Waals surface area contributed by atoms with Gasteiger partial charge >= 0.3 is 0 Å². The van der Waals surface area contributed by atoms with Crippen molar-refractivity contribution < 1.29 is 0 Å². The van der Waals surface area contributed by atoms with Crippen LogP contribution in [0.3, 0.4) is 0 Å². The van der Waals surface area contributed by atoms with Gasteiger partial charge in [-0.25, -0.2) is 0 Å². The lowest BCUT2D eigenvalue weighted by Crippen LogP contribution is -2.16. The fourth-order valence-electron chi connectivity index (χ4n) is 7.63. The number of fused-ring (bicyclic) bond motifs is 7. The minimum Gasteiger partial charge on any atom is -0.307 e. The highest BCUT2D eigenvalue weighted by Crippen LogP contribution is 2.56. The Kier molecular flexibility index (Phi) is 5.46. The molecule has 0 amide bonds. The lowest BCUT2D eigenvalue weighted by atomic mass is 9.81. The summed E-state index contributed by atoms with van der Waals surface area (Å²) in [6.45, 7) is 6.95. The van der Waals surface area contributed by atoms with Crippen LogP contribution in [0.1, 0.15) is 30.5 Å². The second kappa shape index (κ2) is 9.35. The molecule has 7 aromatic carbocycles. The summed E-state index contributed by atoms with van der Waals surface area (Å²) in [5.74, 6) is 0. The molecule has 0 atom stereocenters. The Morgan fingerprint density at radius 3 is 1.91 bits per heavy atom. The quantitative estimate of drug-likeness (QED) is 0.187. The predicted molar refractivity (Wildman–Crippen MR) is 188 cm³/mol. The molecular weight excluding hydrogens is 551 g/mol. The van der Waals surface area contributed by atoms with Crippen molar-refractivity contribution in [3.8, 4) is 22.3 Å². The Hall–Kier alpha value is -4.79. The van der Waals surface area contributed by atoms with Gasteiger partial charge in [-0.3, -0.25) is 0 Å². The molecule has 2 aliphatic rings. The van der Waals surface area contributed by atoms with Crippen LogP contribution in [0, 0.1) is 6.92 Å². The Balaban J connectivity index is 1.38. The van der Waals surface area contributed by atoms with Gasteiger partial charge in [0.2, 0.25) is 0 Å². The van der Waals surface area contributed by atoms with E-state index in [2.05, 4.69) is 159 Å². The number of anilines is 3. The summed E-state index contributed by atoms with van der Waals surface area (Å²) in [6, 6.07) is 49.7. The van der Waals surface area contributed by atoms with Crippen LogP contribution in [0.2, 0.25) is 0 Å². The molecule has 0 N–H and O–H groups in total. The maximum atomic E-state index is 2.51. The first-order chi connectivity index (χ1) is 21.5. The molecule has 210 valence electrons. The van der Waals surface area contributed by atoms with Crippen LogP contribution in [0.5, 0.6) is 0 Å². The summed E-state index contributed by atoms with van der Waals surface area (Å²) >= 11 is 1.86. The van der Waals surface area contributed by atoms with Crippen molar-refractivity contribution in [3.63, 3.8) is 0 Å². The van der Waals surface area contributed by atoms with E-state index in [1.807, 2.05) is 11.8 Å². The Morgan fingerprint density at radius 1 is 0.523 bits per heavy atom. The van der Waals surface area contributed by atoms with Crippen LogP contribution in [0.25, 0.3) is 43.8 Å². The first kappa shape index (κ1) is 25.7. The number of benzene rings is 7. The van der Waals surface area contributed by atoms with Crippen molar-refractivity contribution in [3.05, 3.63) is 150 Å². The average Bonchev–Trinajstić information content (AvgIpc) is 3.28. The minimum atomic E-state index is -0.0533. The standard InChI is InChI=1S/C42H31NS/c1-26-20-22-32-33(24-26)40(27-21-23-29-28-12-6-7-15-34(28)42(2,3)35(29)25-27)30-13-4-5-14-31(30)41(32)43-36-16-8-10-18-38(36)44-39-19-11-9-17-37(39)43/h4-25H,1-3H3. The molecule has 2 heteroatoms. The molecule has 0 saturated carbocycles. The van der Waals surface area contributed by atoms with Gasteiger partial charge < -0.3 is 4.90 Å². The van der Waals surface area contributed by atoms with Crippen LogP contribution in [0.15, 0.2) is 143 Å². The Morgan fingerprint density at radius 2 is 1.14 bits per heavy atom. The summed E-state index contributed by atoms with van der Waals surface area (Å²) < 4.78 is 0. The third kappa shape index (κ3) is 3.55. The molecule has 1 nitrogen and oxygen atoms in total. The van der Waals surface area contributed by atoms with Crippen molar-refractivity contribution in [2.24, 2.45) is 0 Å². The van der Waals surface area contributed by atoms with Gasteiger partial charge in [0.05, 0.1) is 17.1 Å². The zero-order chi connectivity index (χ0) is 29.6. The first-order valence-corrected chi connectivity index (χ1v) is 16.2. The fraction of sp³-hybridized carbons (Fsp3) is 0.0952. The third-order valence-electron chi connectivity index (χ3n) is 9.68. The maximum absolute atomic E-state index is 2.51. The van der Waals surface area contributed by atoms with Crippen molar-refractivity contribution in [1.29, 1.82) is 0 Å². The molecule has 1 heterocycles. The highest BCUT2D eigenvalue weighted by molar-refractivity contribution is 7.99. The molecule has 0 radical (unpaired) electrons. The van der Waals surface area contributed by atoms with Gasteiger partial charge in [0.1, 0.15) is 0 Å². The van der Waals surface area contributed by atoms with Gasteiger partial charge in [-0.1, -0.05) is 134 Å². The molecule has 1 aliphatic heterocycles. The second-order valence-electron chi connectivity index (χ2n) is 12.6. The lowest BCUT2D eigenvalue weighted by molar-refractivity contribution is 0.660. The molecule has 7 aromatic rings. The van der Waals surface area contributed by atoms with E-state index < -0.39 is 0 Å². The predicted octanol–water partition coefficient (Wildman–Crippen LogP) is 12.2. The first-order valence-electron chi connectivity index (χ1n) is 15.4. The molecule has 1 aliphatic carbocycles. The summed E-state index contributed by atoms with van der Waals surface area (Å²) in [7, 11) is 0. The normalized spacial score (nSPS) is 14.3. The van der Waals surface area contributed by atoms with Gasteiger partial charge in [-0.05, 0) is 81.4 Å². The molecule has 0 fully saturated rings. The molecule has 0 bridgehead atoms. The molecule has 9 rings (SSSR count). The number of para-hydroxylation sites is 2. The Labute approximate surface area is 262 Å². The highest BCUT2D eigenvalue weighted by atomic mass is 32.2. The van der Waals surface area contributed by atoms with Crippen molar-refractivity contribution >= 4 is 50.4 Å². The number of hydrogen-bond donors (Lipinski definition) is 0. The van der Waals surface area contributed by atoms with E-state index in [-0.39, 0.29) is 5.41 Å². The molecular formula is C42H31NS. The smallest absolute Gasteiger partial charge is 0.0619 e. The maximum Gasteiger partial charge on any atom is 0.0619 e. The second-order valence-corrected chi connectivity index (χ2v) is 13.7. The summed E-state index contributed by atoms with van der Waals surface area (Å²) in [5.41, 5.74) is 13.0. The van der Waals surface area contributed by atoms with Crippen molar-refractivity contribution in [2.45, 2.75) is 36.0 Å². The average molecular weight is 582 g/mol. The highest BCUT2D eigenvalue weighted by Gasteiger charge is 2.36. The van der Waals surface area contributed by atoms with Gasteiger partial charge in [-0.2, -0.15) is 0 Å². The molecule has 44 heavy (non-hydrogen) atoms. The Bertz CT molecular complexity index is 2270. The monoisotopic (exact) mass is 581 g/mol. The van der Waals surface area contributed by atoms with E-state index in [9.17, 15) is 0 Å². The third-order valence-corrected chi connectivity index (χ3v) is 10.8. The zero-order valence-corrected chi connectivity index (χ0v) is 25.9. The summed E-state index contributed by atoms with van der Waals surface area (Å²) in [4.78, 5) is 5.06. The van der Waals surface area contributed by atoms with Crippen LogP contribution in [-0.4, -0.2) is 0 Å². The number of hydrogen-bond acceptors (Lipinski definition) is 2. The van der Waals surface area contributed by atoms with Crippen LogP contribution < -0.4 is 4.90 Å². The van der Waals surface area contributed by atoms with Crippen LogP contribution in [-0.2, 0) is 5.41 Å².